The van der Waals surface area contributed by atoms with Gasteiger partial charge in [0.15, 0.2) is 5.65 Å². The highest BCUT2D eigenvalue weighted by atomic mass is 35.5. The highest BCUT2D eigenvalue weighted by molar-refractivity contribution is 5.85. The summed E-state index contributed by atoms with van der Waals surface area (Å²) in [4.78, 5) is 11.0. The van der Waals surface area contributed by atoms with Gasteiger partial charge in [0.1, 0.15) is 0 Å². The first-order valence-corrected chi connectivity index (χ1v) is 4.78. The van der Waals surface area contributed by atoms with Crippen LogP contribution in [0.1, 0.15) is 11.1 Å². The summed E-state index contributed by atoms with van der Waals surface area (Å²) in [6.07, 6.45) is -0.842. The number of carbonyl (C=O) groups is 1. The Morgan fingerprint density at radius 1 is 1.28 bits per heavy atom. The molecule has 0 aliphatic carbocycles. The standard InChI is InChI=1S/C9H11N5O3.ClH/c1-4-5(2)7(17-9(15)16-3)13-14-6(4)11-12-8(14)10;/h1-3H3,(H2,10,12);1H. The van der Waals surface area contributed by atoms with E-state index in [1.54, 1.807) is 6.92 Å². The molecule has 9 heteroatoms. The molecule has 0 amide bonds. The van der Waals surface area contributed by atoms with Gasteiger partial charge in [-0.05, 0) is 13.8 Å². The number of ether oxygens (including phenoxy) is 2. The lowest BCUT2D eigenvalue weighted by molar-refractivity contribution is 0.119. The van der Waals surface area contributed by atoms with Crippen molar-refractivity contribution in [2.45, 2.75) is 13.8 Å². The van der Waals surface area contributed by atoms with Crippen molar-refractivity contribution in [1.82, 2.24) is 19.8 Å². The zero-order valence-electron chi connectivity index (χ0n) is 10.00. The van der Waals surface area contributed by atoms with Crippen molar-refractivity contribution in [3.63, 3.8) is 0 Å². The topological polar surface area (TPSA) is 105 Å². The second-order valence-corrected chi connectivity index (χ2v) is 3.40. The van der Waals surface area contributed by atoms with Gasteiger partial charge in [0.25, 0.3) is 0 Å². The van der Waals surface area contributed by atoms with Crippen molar-refractivity contribution in [2.24, 2.45) is 0 Å². The third-order valence-corrected chi connectivity index (χ3v) is 2.42. The molecule has 8 nitrogen and oxygen atoms in total. The maximum absolute atomic E-state index is 11.0. The molecule has 18 heavy (non-hydrogen) atoms. The number of aromatic nitrogens is 4. The normalized spacial score (nSPS) is 9.94. The fourth-order valence-corrected chi connectivity index (χ4v) is 1.34. The predicted octanol–water partition coefficient (Wildman–Crippen LogP) is 0.890. The molecule has 0 aliphatic heterocycles. The molecule has 0 bridgehead atoms. The molecular weight excluding hydrogens is 262 g/mol. The number of hydrogen-bond acceptors (Lipinski definition) is 7. The lowest BCUT2D eigenvalue weighted by Crippen LogP contribution is -2.12. The minimum absolute atomic E-state index is 0. The summed E-state index contributed by atoms with van der Waals surface area (Å²) >= 11 is 0. The molecule has 0 saturated heterocycles. The number of halogens is 1. The van der Waals surface area contributed by atoms with Gasteiger partial charge in [0.05, 0.1) is 7.11 Å². The average Bonchev–Trinajstić information content (AvgIpc) is 2.67. The van der Waals surface area contributed by atoms with E-state index in [0.29, 0.717) is 11.2 Å². The largest absolute Gasteiger partial charge is 0.514 e. The minimum atomic E-state index is -0.842. The highest BCUT2D eigenvalue weighted by Crippen LogP contribution is 2.22. The molecule has 0 atom stereocenters. The first-order valence-electron chi connectivity index (χ1n) is 4.78. The number of nitrogens with two attached hydrogens (primary N) is 1. The van der Waals surface area contributed by atoms with Crippen molar-refractivity contribution in [2.75, 3.05) is 12.8 Å². The van der Waals surface area contributed by atoms with Crippen molar-refractivity contribution in [3.8, 4) is 5.88 Å². The van der Waals surface area contributed by atoms with E-state index in [2.05, 4.69) is 20.0 Å². The second-order valence-electron chi connectivity index (χ2n) is 3.40. The number of nitrogen functional groups attached to an aromatic ring is 1. The Hall–Kier alpha value is -2.09. The van der Waals surface area contributed by atoms with Gasteiger partial charge in [0.2, 0.25) is 11.8 Å². The molecule has 0 saturated carbocycles. The van der Waals surface area contributed by atoms with Gasteiger partial charge in [-0.25, -0.2) is 4.79 Å². The Bertz CT molecular complexity index is 597. The van der Waals surface area contributed by atoms with Crippen LogP contribution in [-0.2, 0) is 4.74 Å². The van der Waals surface area contributed by atoms with Gasteiger partial charge >= 0.3 is 6.16 Å². The molecule has 0 aliphatic rings. The van der Waals surface area contributed by atoms with Gasteiger partial charge in [-0.2, -0.15) is 4.52 Å². The SMILES string of the molecule is COC(=O)Oc1nn2c(N)nnc2c(C)c1C.Cl. The molecule has 98 valence electrons. The molecule has 2 N–H and O–H groups in total. The van der Waals surface area contributed by atoms with Gasteiger partial charge in [-0.15, -0.1) is 27.7 Å². The third kappa shape index (κ3) is 2.14. The summed E-state index contributed by atoms with van der Waals surface area (Å²) < 4.78 is 10.6. The molecule has 2 aromatic heterocycles. The van der Waals surface area contributed by atoms with E-state index < -0.39 is 6.16 Å². The molecule has 0 unspecified atom stereocenters. The molecule has 0 fully saturated rings. The van der Waals surface area contributed by atoms with E-state index in [1.807, 2.05) is 6.92 Å². The van der Waals surface area contributed by atoms with Crippen molar-refractivity contribution < 1.29 is 14.3 Å². The molecule has 2 rings (SSSR count). The minimum Gasteiger partial charge on any atom is -0.437 e. The third-order valence-electron chi connectivity index (χ3n) is 2.42. The second kappa shape index (κ2) is 5.05. The molecule has 2 heterocycles. The summed E-state index contributed by atoms with van der Waals surface area (Å²) in [6.45, 7) is 3.57. The summed E-state index contributed by atoms with van der Waals surface area (Å²) in [5, 5.41) is 11.6. The van der Waals surface area contributed by atoms with E-state index in [9.17, 15) is 4.79 Å². The monoisotopic (exact) mass is 273 g/mol. The van der Waals surface area contributed by atoms with Crippen LogP contribution in [0.5, 0.6) is 5.88 Å². The van der Waals surface area contributed by atoms with E-state index in [4.69, 9.17) is 10.5 Å². The van der Waals surface area contributed by atoms with E-state index >= 15 is 0 Å². The first-order chi connectivity index (χ1) is 8.04. The molecule has 0 radical (unpaired) electrons. The number of fused-ring (bicyclic) bond motifs is 1. The number of rotatable bonds is 1. The van der Waals surface area contributed by atoms with Crippen LogP contribution in [0.2, 0.25) is 0 Å². The molecule has 0 aromatic carbocycles. The van der Waals surface area contributed by atoms with Gasteiger partial charge in [-0.1, -0.05) is 0 Å². The van der Waals surface area contributed by atoms with E-state index in [0.717, 1.165) is 5.56 Å². The Balaban J connectivity index is 0.00000162. The number of aryl methyl sites for hydroxylation is 1. The molecular formula is C9H12ClN5O3. The van der Waals surface area contributed by atoms with Crippen molar-refractivity contribution >= 4 is 30.2 Å². The van der Waals surface area contributed by atoms with Gasteiger partial charge in [0, 0.05) is 11.1 Å². The van der Waals surface area contributed by atoms with Crippen LogP contribution >= 0.6 is 12.4 Å². The lowest BCUT2D eigenvalue weighted by Gasteiger charge is -2.08. The Morgan fingerprint density at radius 3 is 2.56 bits per heavy atom. The Morgan fingerprint density at radius 2 is 1.94 bits per heavy atom. The number of nitrogens with zero attached hydrogens (tertiary/aromatic N) is 4. The Kier molecular flexibility index (Phi) is 3.92. The van der Waals surface area contributed by atoms with Crippen LogP contribution < -0.4 is 10.5 Å². The predicted molar refractivity (Wildman–Crippen MR) is 64.9 cm³/mol. The number of anilines is 1. The first kappa shape index (κ1) is 14.0. The van der Waals surface area contributed by atoms with Crippen LogP contribution in [0.15, 0.2) is 0 Å². The highest BCUT2D eigenvalue weighted by Gasteiger charge is 2.16. The molecule has 0 spiro atoms. The zero-order valence-corrected chi connectivity index (χ0v) is 10.8. The van der Waals surface area contributed by atoms with Crippen LogP contribution in [0, 0.1) is 13.8 Å². The van der Waals surface area contributed by atoms with Gasteiger partial charge in [-0.3, -0.25) is 0 Å². The maximum Gasteiger partial charge on any atom is 0.514 e. The average molecular weight is 274 g/mol. The molecule has 2 aromatic rings. The number of hydrogen-bond donors (Lipinski definition) is 1. The quantitative estimate of drug-likeness (QED) is 0.769. The zero-order chi connectivity index (χ0) is 12.6. The number of carbonyl (C=O) groups excluding carboxylic acids is 1. The fourth-order valence-electron chi connectivity index (χ4n) is 1.34. The van der Waals surface area contributed by atoms with Gasteiger partial charge < -0.3 is 15.2 Å². The van der Waals surface area contributed by atoms with Crippen molar-refractivity contribution in [1.29, 1.82) is 0 Å². The lowest BCUT2D eigenvalue weighted by atomic mass is 10.2. The summed E-state index contributed by atoms with van der Waals surface area (Å²) in [7, 11) is 1.22. The maximum atomic E-state index is 11.0. The van der Waals surface area contributed by atoms with Crippen LogP contribution in [0.25, 0.3) is 5.65 Å². The Labute approximate surface area is 108 Å². The van der Waals surface area contributed by atoms with E-state index in [-0.39, 0.29) is 24.2 Å². The van der Waals surface area contributed by atoms with Crippen LogP contribution in [0.4, 0.5) is 10.7 Å². The summed E-state index contributed by atoms with van der Waals surface area (Å²) in [5.41, 5.74) is 7.56. The van der Waals surface area contributed by atoms with E-state index in [1.165, 1.54) is 11.6 Å². The van der Waals surface area contributed by atoms with Crippen LogP contribution in [-0.4, -0.2) is 33.1 Å². The van der Waals surface area contributed by atoms with Crippen LogP contribution in [0.3, 0.4) is 0 Å². The summed E-state index contributed by atoms with van der Waals surface area (Å²) in [6, 6.07) is 0. The smallest absolute Gasteiger partial charge is 0.437 e. The van der Waals surface area contributed by atoms with Crippen molar-refractivity contribution in [3.05, 3.63) is 11.1 Å². The summed E-state index contributed by atoms with van der Waals surface area (Å²) in [5.74, 6) is 0.242. The number of methoxy groups -OCH3 is 1. The fraction of sp³-hybridized carbons (Fsp3) is 0.333.